The van der Waals surface area contributed by atoms with Crippen molar-refractivity contribution in [3.8, 4) is 33.9 Å². The number of imidazole rings is 1. The average Bonchev–Trinajstić information content (AvgIpc) is 3.32. The van der Waals surface area contributed by atoms with Gasteiger partial charge >= 0.3 is 0 Å². The first-order chi connectivity index (χ1) is 11.8. The summed E-state index contributed by atoms with van der Waals surface area (Å²) >= 11 is 0. The molecule has 0 saturated carbocycles. The highest BCUT2D eigenvalue weighted by atomic mass is 15.3. The molecule has 0 radical (unpaired) electrons. The summed E-state index contributed by atoms with van der Waals surface area (Å²) in [5, 5.41) is 4.33. The van der Waals surface area contributed by atoms with E-state index in [0.717, 1.165) is 40.4 Å². The second kappa shape index (κ2) is 6.12. The number of nitrogens with one attached hydrogen (secondary N) is 1. The largest absolute Gasteiger partial charge is 0.337 e. The molecule has 4 rings (SSSR count). The standard InChI is InChI=1S/C19H17N5/c1-2-24-13-16(11-22-24)15-8-9-20-17(10-15)19-21-12-18(23-19)14-6-4-3-5-7-14/h3-13H,2H2,1H3,(H,21,23). The third-order valence-electron chi connectivity index (χ3n) is 3.95. The van der Waals surface area contributed by atoms with Crippen LogP contribution in [0.5, 0.6) is 0 Å². The number of H-pyrrole nitrogens is 1. The number of hydrogen-bond donors (Lipinski definition) is 1. The molecule has 0 bridgehead atoms. The molecule has 3 aromatic heterocycles. The number of aromatic amines is 1. The van der Waals surface area contributed by atoms with E-state index >= 15 is 0 Å². The summed E-state index contributed by atoms with van der Waals surface area (Å²) in [6.45, 7) is 2.93. The fourth-order valence-corrected chi connectivity index (χ4v) is 2.64. The van der Waals surface area contributed by atoms with Crippen LogP contribution in [0.1, 0.15) is 6.92 Å². The minimum atomic E-state index is 0.763. The monoisotopic (exact) mass is 315 g/mol. The van der Waals surface area contributed by atoms with Crippen molar-refractivity contribution in [1.29, 1.82) is 0 Å². The summed E-state index contributed by atoms with van der Waals surface area (Å²) < 4.78 is 1.91. The van der Waals surface area contributed by atoms with Crippen LogP contribution in [0.4, 0.5) is 0 Å². The normalized spacial score (nSPS) is 10.9. The average molecular weight is 315 g/mol. The van der Waals surface area contributed by atoms with Crippen LogP contribution >= 0.6 is 0 Å². The predicted octanol–water partition coefficient (Wildman–Crippen LogP) is 4.02. The fraction of sp³-hybridized carbons (Fsp3) is 0.105. The van der Waals surface area contributed by atoms with Crippen LogP contribution in [0.25, 0.3) is 33.9 Å². The summed E-state index contributed by atoms with van der Waals surface area (Å²) in [6.07, 6.45) is 7.56. The van der Waals surface area contributed by atoms with E-state index < -0.39 is 0 Å². The Morgan fingerprint density at radius 1 is 0.958 bits per heavy atom. The van der Waals surface area contributed by atoms with Gasteiger partial charge in [0.05, 0.1) is 18.1 Å². The quantitative estimate of drug-likeness (QED) is 0.618. The van der Waals surface area contributed by atoms with Crippen LogP contribution in [0, 0.1) is 0 Å². The van der Waals surface area contributed by atoms with E-state index in [-0.39, 0.29) is 0 Å². The Morgan fingerprint density at radius 3 is 2.62 bits per heavy atom. The van der Waals surface area contributed by atoms with Gasteiger partial charge in [0.25, 0.3) is 0 Å². The first kappa shape index (κ1) is 14.4. The first-order valence-corrected chi connectivity index (χ1v) is 7.93. The van der Waals surface area contributed by atoms with Gasteiger partial charge in [0.1, 0.15) is 5.69 Å². The molecule has 0 amide bonds. The van der Waals surface area contributed by atoms with Gasteiger partial charge in [0.15, 0.2) is 5.82 Å². The van der Waals surface area contributed by atoms with Crippen LogP contribution in [0.3, 0.4) is 0 Å². The predicted molar refractivity (Wildman–Crippen MR) is 94.1 cm³/mol. The Balaban J connectivity index is 1.68. The minimum Gasteiger partial charge on any atom is -0.337 e. The summed E-state index contributed by atoms with van der Waals surface area (Å²) in [5.74, 6) is 0.763. The molecule has 0 aliphatic carbocycles. The van der Waals surface area contributed by atoms with Crippen molar-refractivity contribution in [2.75, 3.05) is 0 Å². The lowest BCUT2D eigenvalue weighted by Crippen LogP contribution is -1.92. The zero-order chi connectivity index (χ0) is 16.4. The lowest BCUT2D eigenvalue weighted by molar-refractivity contribution is 0.660. The van der Waals surface area contributed by atoms with E-state index in [1.807, 2.05) is 53.6 Å². The van der Waals surface area contributed by atoms with E-state index in [9.17, 15) is 0 Å². The lowest BCUT2D eigenvalue weighted by atomic mass is 10.1. The van der Waals surface area contributed by atoms with Gasteiger partial charge in [-0.25, -0.2) is 4.98 Å². The first-order valence-electron chi connectivity index (χ1n) is 7.93. The molecule has 3 heterocycles. The summed E-state index contributed by atoms with van der Waals surface area (Å²) in [6, 6.07) is 14.2. The number of pyridine rings is 1. The smallest absolute Gasteiger partial charge is 0.156 e. The Morgan fingerprint density at radius 2 is 1.83 bits per heavy atom. The maximum atomic E-state index is 4.48. The second-order valence-electron chi connectivity index (χ2n) is 5.53. The summed E-state index contributed by atoms with van der Waals surface area (Å²) in [5.41, 5.74) is 5.07. The van der Waals surface area contributed by atoms with Crippen LogP contribution < -0.4 is 0 Å². The zero-order valence-corrected chi connectivity index (χ0v) is 13.3. The van der Waals surface area contributed by atoms with E-state index in [0.29, 0.717) is 0 Å². The van der Waals surface area contributed by atoms with E-state index in [1.54, 1.807) is 6.20 Å². The molecule has 0 saturated heterocycles. The number of nitrogens with zero attached hydrogens (tertiary/aromatic N) is 4. The van der Waals surface area contributed by atoms with Gasteiger partial charge in [0.2, 0.25) is 0 Å². The second-order valence-corrected chi connectivity index (χ2v) is 5.53. The molecule has 0 atom stereocenters. The Bertz CT molecular complexity index is 953. The van der Waals surface area contributed by atoms with Crippen LogP contribution in [0.2, 0.25) is 0 Å². The Hall–Kier alpha value is -3.21. The molecule has 0 fully saturated rings. The highest BCUT2D eigenvalue weighted by molar-refractivity contribution is 5.68. The van der Waals surface area contributed by atoms with Crippen molar-refractivity contribution in [2.45, 2.75) is 13.5 Å². The molecule has 24 heavy (non-hydrogen) atoms. The molecule has 1 N–H and O–H groups in total. The topological polar surface area (TPSA) is 59.4 Å². The highest BCUT2D eigenvalue weighted by Crippen LogP contribution is 2.24. The van der Waals surface area contributed by atoms with Crippen LogP contribution in [-0.2, 0) is 6.54 Å². The van der Waals surface area contributed by atoms with Gasteiger partial charge in [0, 0.05) is 24.5 Å². The maximum Gasteiger partial charge on any atom is 0.156 e. The molecule has 5 heteroatoms. The number of benzene rings is 1. The Kier molecular flexibility index (Phi) is 3.67. The van der Waals surface area contributed by atoms with Crippen molar-refractivity contribution >= 4 is 0 Å². The molecule has 5 nitrogen and oxygen atoms in total. The van der Waals surface area contributed by atoms with Crippen molar-refractivity contribution in [3.05, 3.63) is 67.3 Å². The molecule has 0 aliphatic rings. The van der Waals surface area contributed by atoms with Gasteiger partial charge in [-0.05, 0) is 30.2 Å². The summed E-state index contributed by atoms with van der Waals surface area (Å²) in [7, 11) is 0. The zero-order valence-electron chi connectivity index (χ0n) is 13.3. The van der Waals surface area contributed by atoms with Crippen molar-refractivity contribution in [2.24, 2.45) is 0 Å². The van der Waals surface area contributed by atoms with Gasteiger partial charge < -0.3 is 4.98 Å². The number of aromatic nitrogens is 5. The molecule has 0 unspecified atom stereocenters. The summed E-state index contributed by atoms with van der Waals surface area (Å²) in [4.78, 5) is 12.3. The molecule has 4 aromatic rings. The molecule has 118 valence electrons. The number of hydrogen-bond acceptors (Lipinski definition) is 3. The van der Waals surface area contributed by atoms with Crippen molar-refractivity contribution in [3.63, 3.8) is 0 Å². The SMILES string of the molecule is CCn1cc(-c2ccnc(-c3ncc(-c4ccccc4)[nH]3)c2)cn1. The van der Waals surface area contributed by atoms with Gasteiger partial charge in [-0.15, -0.1) is 0 Å². The van der Waals surface area contributed by atoms with Crippen LogP contribution in [0.15, 0.2) is 67.3 Å². The molecular weight excluding hydrogens is 298 g/mol. The van der Waals surface area contributed by atoms with Gasteiger partial charge in [-0.3, -0.25) is 9.67 Å². The van der Waals surface area contributed by atoms with Crippen molar-refractivity contribution in [1.82, 2.24) is 24.7 Å². The van der Waals surface area contributed by atoms with E-state index in [4.69, 9.17) is 0 Å². The van der Waals surface area contributed by atoms with Gasteiger partial charge in [-0.2, -0.15) is 5.10 Å². The Labute approximate surface area is 140 Å². The lowest BCUT2D eigenvalue weighted by Gasteiger charge is -2.01. The van der Waals surface area contributed by atoms with E-state index in [1.165, 1.54) is 0 Å². The molecule has 0 spiro atoms. The number of rotatable bonds is 4. The highest BCUT2D eigenvalue weighted by Gasteiger charge is 2.09. The van der Waals surface area contributed by atoms with Crippen molar-refractivity contribution < 1.29 is 0 Å². The molecule has 0 aliphatic heterocycles. The third-order valence-corrected chi connectivity index (χ3v) is 3.95. The molecular formula is C19H17N5. The third kappa shape index (κ3) is 2.72. The van der Waals surface area contributed by atoms with E-state index in [2.05, 4.69) is 39.1 Å². The van der Waals surface area contributed by atoms with Crippen LogP contribution in [-0.4, -0.2) is 24.7 Å². The fourth-order valence-electron chi connectivity index (χ4n) is 2.64. The number of aryl methyl sites for hydroxylation is 1. The minimum absolute atomic E-state index is 0.763. The maximum absolute atomic E-state index is 4.48. The molecule has 1 aromatic carbocycles. The van der Waals surface area contributed by atoms with Gasteiger partial charge in [-0.1, -0.05) is 30.3 Å².